The van der Waals surface area contributed by atoms with Gasteiger partial charge in [0.25, 0.3) is 5.89 Å². The highest BCUT2D eigenvalue weighted by atomic mass is 16.5. The summed E-state index contributed by atoms with van der Waals surface area (Å²) >= 11 is 0. The van der Waals surface area contributed by atoms with Crippen LogP contribution in [0.25, 0.3) is 11.4 Å². The largest absolute Gasteiger partial charge is 0.484 e. The zero-order chi connectivity index (χ0) is 14.5. The lowest BCUT2D eigenvalue weighted by Gasteiger charge is -2.03. The van der Waals surface area contributed by atoms with E-state index >= 15 is 0 Å². The number of rotatable bonds is 5. The van der Waals surface area contributed by atoms with Gasteiger partial charge in [-0.15, -0.1) is 0 Å². The molecular weight excluding hydrogens is 266 g/mol. The Kier molecular flexibility index (Phi) is 3.93. The number of benzene rings is 2. The molecule has 3 aromatic rings. The molecule has 0 unspecified atom stereocenters. The first-order chi connectivity index (χ1) is 10.3. The van der Waals surface area contributed by atoms with Gasteiger partial charge in [0.1, 0.15) is 5.75 Å². The molecule has 0 amide bonds. The quantitative estimate of drug-likeness (QED) is 0.778. The Morgan fingerprint density at radius 2 is 1.76 bits per heavy atom. The molecule has 1 aromatic heterocycles. The maximum absolute atomic E-state index is 5.60. The number of hydrogen-bond acceptors (Lipinski definition) is 5. The summed E-state index contributed by atoms with van der Waals surface area (Å²) in [6.07, 6.45) is 0. The lowest BCUT2D eigenvalue weighted by Crippen LogP contribution is -1.98. The standard InChI is InChI=1S/C16H15N3O2/c17-10-12-6-8-14(9-7-12)20-11-15-18-16(19-21-15)13-4-2-1-3-5-13/h1-9H,10-11,17H2. The third-order valence-corrected chi connectivity index (χ3v) is 3.02. The Hall–Kier alpha value is -2.66. The maximum atomic E-state index is 5.60. The summed E-state index contributed by atoms with van der Waals surface area (Å²) in [5.74, 6) is 1.75. The van der Waals surface area contributed by atoms with Gasteiger partial charge in [0, 0.05) is 12.1 Å². The van der Waals surface area contributed by atoms with Crippen LogP contribution in [0.2, 0.25) is 0 Å². The molecule has 5 nitrogen and oxygen atoms in total. The molecule has 0 radical (unpaired) electrons. The first kappa shape index (κ1) is 13.3. The molecule has 0 aliphatic carbocycles. The van der Waals surface area contributed by atoms with E-state index in [0.717, 1.165) is 16.9 Å². The van der Waals surface area contributed by atoms with Gasteiger partial charge in [0.2, 0.25) is 5.82 Å². The molecule has 2 aromatic carbocycles. The number of nitrogens with two attached hydrogens (primary N) is 1. The molecule has 106 valence electrons. The van der Waals surface area contributed by atoms with E-state index in [9.17, 15) is 0 Å². The monoisotopic (exact) mass is 281 g/mol. The molecule has 0 aliphatic heterocycles. The molecule has 21 heavy (non-hydrogen) atoms. The Balaban J connectivity index is 1.64. The summed E-state index contributed by atoms with van der Waals surface area (Å²) in [7, 11) is 0. The normalized spacial score (nSPS) is 10.5. The van der Waals surface area contributed by atoms with Crippen molar-refractivity contribution in [3.05, 3.63) is 66.1 Å². The second kappa shape index (κ2) is 6.19. The summed E-state index contributed by atoms with van der Waals surface area (Å²) in [6, 6.07) is 17.3. The highest BCUT2D eigenvalue weighted by Gasteiger charge is 2.08. The van der Waals surface area contributed by atoms with Crippen LogP contribution in [-0.4, -0.2) is 10.1 Å². The molecule has 0 spiro atoms. The van der Waals surface area contributed by atoms with Gasteiger partial charge in [-0.1, -0.05) is 47.6 Å². The van der Waals surface area contributed by atoms with Gasteiger partial charge in [-0.25, -0.2) is 0 Å². The van der Waals surface area contributed by atoms with E-state index < -0.39 is 0 Å². The van der Waals surface area contributed by atoms with E-state index in [1.54, 1.807) is 0 Å². The molecule has 0 aliphatic rings. The minimum Gasteiger partial charge on any atom is -0.484 e. The summed E-state index contributed by atoms with van der Waals surface area (Å²) in [6.45, 7) is 0.756. The molecule has 0 bridgehead atoms. The van der Waals surface area contributed by atoms with Crippen molar-refractivity contribution in [3.63, 3.8) is 0 Å². The van der Waals surface area contributed by atoms with Gasteiger partial charge in [-0.3, -0.25) is 0 Å². The van der Waals surface area contributed by atoms with Crippen molar-refractivity contribution >= 4 is 0 Å². The average Bonchev–Trinajstić information content (AvgIpc) is 3.03. The fourth-order valence-corrected chi connectivity index (χ4v) is 1.88. The molecule has 3 rings (SSSR count). The topological polar surface area (TPSA) is 74.2 Å². The van der Waals surface area contributed by atoms with Crippen LogP contribution in [0, 0.1) is 0 Å². The van der Waals surface area contributed by atoms with E-state index in [1.807, 2.05) is 54.6 Å². The van der Waals surface area contributed by atoms with Gasteiger partial charge in [0.15, 0.2) is 6.61 Å². The van der Waals surface area contributed by atoms with Crippen LogP contribution >= 0.6 is 0 Å². The van der Waals surface area contributed by atoms with Crippen LogP contribution in [0.5, 0.6) is 5.75 Å². The van der Waals surface area contributed by atoms with Crippen molar-refractivity contribution in [2.24, 2.45) is 5.73 Å². The predicted molar refractivity (Wildman–Crippen MR) is 78.4 cm³/mol. The number of hydrogen-bond donors (Lipinski definition) is 1. The van der Waals surface area contributed by atoms with Gasteiger partial charge in [-0.2, -0.15) is 4.98 Å². The molecule has 0 atom stereocenters. The second-order valence-corrected chi connectivity index (χ2v) is 4.51. The van der Waals surface area contributed by atoms with Crippen LogP contribution < -0.4 is 10.5 Å². The molecular formula is C16H15N3O2. The zero-order valence-corrected chi connectivity index (χ0v) is 11.4. The lowest BCUT2D eigenvalue weighted by molar-refractivity contribution is 0.243. The molecule has 0 saturated heterocycles. The predicted octanol–water partition coefficient (Wildman–Crippen LogP) is 2.77. The van der Waals surface area contributed by atoms with Gasteiger partial charge in [0.05, 0.1) is 0 Å². The Bertz CT molecular complexity index is 693. The average molecular weight is 281 g/mol. The number of aromatic nitrogens is 2. The van der Waals surface area contributed by atoms with Crippen molar-refractivity contribution in [1.29, 1.82) is 0 Å². The second-order valence-electron chi connectivity index (χ2n) is 4.51. The fourth-order valence-electron chi connectivity index (χ4n) is 1.88. The van der Waals surface area contributed by atoms with Crippen molar-refractivity contribution in [2.45, 2.75) is 13.2 Å². The third-order valence-electron chi connectivity index (χ3n) is 3.02. The lowest BCUT2D eigenvalue weighted by atomic mass is 10.2. The first-order valence-electron chi connectivity index (χ1n) is 6.65. The Labute approximate surface area is 122 Å². The molecule has 0 saturated carbocycles. The molecule has 5 heteroatoms. The smallest absolute Gasteiger partial charge is 0.264 e. The van der Waals surface area contributed by atoms with Crippen LogP contribution in [0.1, 0.15) is 11.5 Å². The Morgan fingerprint density at radius 1 is 1.00 bits per heavy atom. The van der Waals surface area contributed by atoms with Crippen molar-refractivity contribution in [3.8, 4) is 17.1 Å². The summed E-state index contributed by atoms with van der Waals surface area (Å²) in [5.41, 5.74) is 7.53. The van der Waals surface area contributed by atoms with Crippen LogP contribution in [0.4, 0.5) is 0 Å². The van der Waals surface area contributed by atoms with Crippen molar-refractivity contribution < 1.29 is 9.26 Å². The molecule has 1 heterocycles. The summed E-state index contributed by atoms with van der Waals surface area (Å²) in [4.78, 5) is 4.31. The molecule has 0 fully saturated rings. The highest BCUT2D eigenvalue weighted by Crippen LogP contribution is 2.17. The van der Waals surface area contributed by atoms with Gasteiger partial charge in [-0.05, 0) is 17.7 Å². The SMILES string of the molecule is NCc1ccc(OCc2nc(-c3ccccc3)no2)cc1. The third kappa shape index (κ3) is 3.27. The summed E-state index contributed by atoms with van der Waals surface area (Å²) in [5, 5.41) is 3.94. The van der Waals surface area contributed by atoms with E-state index in [-0.39, 0.29) is 6.61 Å². The zero-order valence-electron chi connectivity index (χ0n) is 11.4. The molecule has 2 N–H and O–H groups in total. The highest BCUT2D eigenvalue weighted by molar-refractivity contribution is 5.53. The van der Waals surface area contributed by atoms with Crippen LogP contribution in [0.3, 0.4) is 0 Å². The number of nitrogens with zero attached hydrogens (tertiary/aromatic N) is 2. The first-order valence-corrected chi connectivity index (χ1v) is 6.65. The number of ether oxygens (including phenoxy) is 1. The van der Waals surface area contributed by atoms with E-state index in [1.165, 1.54) is 0 Å². The minimum atomic E-state index is 0.238. The fraction of sp³-hybridized carbons (Fsp3) is 0.125. The van der Waals surface area contributed by atoms with E-state index in [0.29, 0.717) is 18.3 Å². The van der Waals surface area contributed by atoms with Gasteiger partial charge < -0.3 is 15.0 Å². The maximum Gasteiger partial charge on any atom is 0.264 e. The van der Waals surface area contributed by atoms with E-state index in [4.69, 9.17) is 15.0 Å². The summed E-state index contributed by atoms with van der Waals surface area (Å²) < 4.78 is 10.8. The minimum absolute atomic E-state index is 0.238. The van der Waals surface area contributed by atoms with Crippen LogP contribution in [0.15, 0.2) is 59.1 Å². The Morgan fingerprint density at radius 3 is 2.48 bits per heavy atom. The van der Waals surface area contributed by atoms with Crippen LogP contribution in [-0.2, 0) is 13.2 Å². The van der Waals surface area contributed by atoms with Crippen molar-refractivity contribution in [2.75, 3.05) is 0 Å². The van der Waals surface area contributed by atoms with Crippen molar-refractivity contribution in [1.82, 2.24) is 10.1 Å². The van der Waals surface area contributed by atoms with E-state index in [2.05, 4.69) is 10.1 Å². The van der Waals surface area contributed by atoms with Gasteiger partial charge >= 0.3 is 0 Å².